The number of rotatable bonds is 3. The minimum absolute atomic E-state index is 0.246. The maximum absolute atomic E-state index is 12.3. The quantitative estimate of drug-likeness (QED) is 0.749. The molecule has 0 unspecified atom stereocenters. The molecule has 22 heavy (non-hydrogen) atoms. The molecule has 0 aromatic heterocycles. The highest BCUT2D eigenvalue weighted by Gasteiger charge is 2.27. The minimum Gasteiger partial charge on any atom is -0.294 e. The van der Waals surface area contributed by atoms with Crippen molar-refractivity contribution < 1.29 is 4.79 Å². The van der Waals surface area contributed by atoms with E-state index in [1.165, 1.54) is 16.7 Å². The number of carbonyl (C=O) groups is 1. The highest BCUT2D eigenvalue weighted by Crippen LogP contribution is 2.41. The van der Waals surface area contributed by atoms with E-state index in [9.17, 15) is 4.79 Å². The Kier molecular flexibility index (Phi) is 4.06. The molecule has 1 aliphatic rings. The van der Waals surface area contributed by atoms with Crippen molar-refractivity contribution >= 4 is 16.9 Å². The van der Waals surface area contributed by atoms with Gasteiger partial charge in [0.1, 0.15) is 0 Å². The van der Waals surface area contributed by atoms with Crippen molar-refractivity contribution in [2.24, 2.45) is 0 Å². The van der Waals surface area contributed by atoms with Gasteiger partial charge in [-0.05, 0) is 41.2 Å². The number of ketones is 1. The van der Waals surface area contributed by atoms with Crippen molar-refractivity contribution in [2.45, 2.75) is 26.7 Å². The van der Waals surface area contributed by atoms with Crippen LogP contribution >= 0.6 is 0 Å². The first-order valence-corrected chi connectivity index (χ1v) is 7.79. The van der Waals surface area contributed by atoms with Crippen LogP contribution in [0.1, 0.15) is 37.8 Å². The van der Waals surface area contributed by atoms with Crippen LogP contribution in [0.25, 0.3) is 11.1 Å². The lowest BCUT2D eigenvalue weighted by molar-refractivity contribution is -0.114. The first-order valence-electron chi connectivity index (χ1n) is 7.79. The van der Waals surface area contributed by atoms with Crippen molar-refractivity contribution in [3.8, 4) is 0 Å². The van der Waals surface area contributed by atoms with Gasteiger partial charge in [-0.2, -0.15) is 0 Å². The van der Waals surface area contributed by atoms with Crippen LogP contribution in [0.5, 0.6) is 0 Å². The zero-order chi connectivity index (χ0) is 15.5. The maximum atomic E-state index is 12.3. The highest BCUT2D eigenvalue weighted by atomic mass is 16.1. The van der Waals surface area contributed by atoms with Crippen molar-refractivity contribution in [3.05, 3.63) is 82.9 Å². The van der Waals surface area contributed by atoms with Crippen LogP contribution in [-0.4, -0.2) is 5.78 Å². The summed E-state index contributed by atoms with van der Waals surface area (Å²) in [4.78, 5) is 12.3. The zero-order valence-corrected chi connectivity index (χ0v) is 13.1. The van der Waals surface area contributed by atoms with Crippen LogP contribution in [0.4, 0.5) is 0 Å². The Hall–Kier alpha value is -2.41. The second-order valence-electron chi connectivity index (χ2n) is 5.64. The third kappa shape index (κ3) is 2.55. The fraction of sp³-hybridized carbons (Fsp3) is 0.190. The lowest BCUT2D eigenvalue weighted by Crippen LogP contribution is -1.94. The molecule has 0 amide bonds. The molecular weight excluding hydrogens is 268 g/mol. The molecule has 1 nitrogen and oxygen atoms in total. The van der Waals surface area contributed by atoms with Crippen LogP contribution in [0.2, 0.25) is 0 Å². The fourth-order valence-electron chi connectivity index (χ4n) is 3.23. The molecule has 2 aromatic carbocycles. The summed E-state index contributed by atoms with van der Waals surface area (Å²) < 4.78 is 0. The van der Waals surface area contributed by atoms with Crippen molar-refractivity contribution in [1.29, 1.82) is 0 Å². The number of allylic oxidation sites excluding steroid dienone is 4. The van der Waals surface area contributed by atoms with Gasteiger partial charge in [0, 0.05) is 12.0 Å². The molecule has 0 heterocycles. The van der Waals surface area contributed by atoms with E-state index in [0.717, 1.165) is 23.1 Å². The molecule has 0 atom stereocenters. The summed E-state index contributed by atoms with van der Waals surface area (Å²) in [5, 5.41) is 0. The Balaban J connectivity index is 2.21. The van der Waals surface area contributed by atoms with Gasteiger partial charge < -0.3 is 0 Å². The second kappa shape index (κ2) is 6.15. The standard InChI is InChI=1S/C21H20O/c1-3-18(16-10-6-4-7-11-16)19-14-20(22)15(2)21(19)17-12-8-5-9-13-17/h4-13H,3,14H2,1-2H3/b19-18-. The molecule has 1 heteroatoms. The van der Waals surface area contributed by atoms with Gasteiger partial charge in [0.25, 0.3) is 0 Å². The Labute approximate surface area is 132 Å². The molecule has 0 saturated heterocycles. The first kappa shape index (κ1) is 14.5. The number of Topliss-reactive ketones (excluding diaryl/α,β-unsaturated/α-hetero) is 1. The van der Waals surface area contributed by atoms with Crippen LogP contribution in [0.3, 0.4) is 0 Å². The van der Waals surface area contributed by atoms with E-state index in [4.69, 9.17) is 0 Å². The van der Waals surface area contributed by atoms with Gasteiger partial charge >= 0.3 is 0 Å². The maximum Gasteiger partial charge on any atom is 0.163 e. The van der Waals surface area contributed by atoms with E-state index >= 15 is 0 Å². The Morgan fingerprint density at radius 3 is 2.14 bits per heavy atom. The highest BCUT2D eigenvalue weighted by molar-refractivity contribution is 6.15. The average molecular weight is 288 g/mol. The number of benzene rings is 2. The summed E-state index contributed by atoms with van der Waals surface area (Å²) >= 11 is 0. The van der Waals surface area contributed by atoms with E-state index < -0.39 is 0 Å². The molecule has 0 saturated carbocycles. The van der Waals surface area contributed by atoms with Gasteiger partial charge in [-0.1, -0.05) is 67.6 Å². The van der Waals surface area contributed by atoms with Crippen LogP contribution < -0.4 is 0 Å². The Bertz CT molecular complexity index is 749. The van der Waals surface area contributed by atoms with E-state index in [1.807, 2.05) is 31.2 Å². The number of carbonyl (C=O) groups excluding carboxylic acids is 1. The summed E-state index contributed by atoms with van der Waals surface area (Å²) in [6.45, 7) is 4.12. The van der Waals surface area contributed by atoms with Gasteiger partial charge in [0.05, 0.1) is 0 Å². The van der Waals surface area contributed by atoms with Gasteiger partial charge in [-0.3, -0.25) is 4.79 Å². The smallest absolute Gasteiger partial charge is 0.163 e. The van der Waals surface area contributed by atoms with Gasteiger partial charge in [-0.15, -0.1) is 0 Å². The normalized spacial score (nSPS) is 17.1. The molecular formula is C21H20O. The fourth-order valence-corrected chi connectivity index (χ4v) is 3.23. The Morgan fingerprint density at radius 1 is 0.955 bits per heavy atom. The molecule has 0 spiro atoms. The zero-order valence-electron chi connectivity index (χ0n) is 13.1. The molecule has 0 fully saturated rings. The molecule has 0 bridgehead atoms. The van der Waals surface area contributed by atoms with Crippen molar-refractivity contribution in [1.82, 2.24) is 0 Å². The van der Waals surface area contributed by atoms with E-state index in [0.29, 0.717) is 6.42 Å². The van der Waals surface area contributed by atoms with Crippen LogP contribution in [0.15, 0.2) is 71.8 Å². The molecule has 3 rings (SSSR count). The molecule has 1 aliphatic carbocycles. The summed E-state index contributed by atoms with van der Waals surface area (Å²) in [5.74, 6) is 0.246. The number of hydrogen-bond donors (Lipinski definition) is 0. The topological polar surface area (TPSA) is 17.1 Å². The summed E-state index contributed by atoms with van der Waals surface area (Å²) in [5.41, 5.74) is 6.86. The SMILES string of the molecule is CC/C(=C1\CC(=O)C(C)=C1c1ccccc1)c1ccccc1. The Morgan fingerprint density at radius 2 is 1.55 bits per heavy atom. The number of hydrogen-bond acceptors (Lipinski definition) is 1. The van der Waals surface area contributed by atoms with Gasteiger partial charge in [0.2, 0.25) is 0 Å². The van der Waals surface area contributed by atoms with E-state index in [-0.39, 0.29) is 5.78 Å². The minimum atomic E-state index is 0.246. The van der Waals surface area contributed by atoms with Gasteiger partial charge in [0.15, 0.2) is 5.78 Å². The van der Waals surface area contributed by atoms with Gasteiger partial charge in [-0.25, -0.2) is 0 Å². The summed E-state index contributed by atoms with van der Waals surface area (Å²) in [7, 11) is 0. The molecule has 0 N–H and O–H groups in total. The molecule has 110 valence electrons. The van der Waals surface area contributed by atoms with Crippen LogP contribution in [0, 0.1) is 0 Å². The molecule has 0 aliphatic heterocycles. The third-order valence-electron chi connectivity index (χ3n) is 4.33. The first-order chi connectivity index (χ1) is 10.7. The van der Waals surface area contributed by atoms with Crippen molar-refractivity contribution in [3.63, 3.8) is 0 Å². The summed E-state index contributed by atoms with van der Waals surface area (Å²) in [6, 6.07) is 20.7. The van der Waals surface area contributed by atoms with E-state index in [2.05, 4.69) is 43.3 Å². The lowest BCUT2D eigenvalue weighted by atomic mass is 9.90. The monoisotopic (exact) mass is 288 g/mol. The third-order valence-corrected chi connectivity index (χ3v) is 4.33. The summed E-state index contributed by atoms with van der Waals surface area (Å²) in [6.07, 6.45) is 1.45. The largest absolute Gasteiger partial charge is 0.294 e. The van der Waals surface area contributed by atoms with E-state index in [1.54, 1.807) is 0 Å². The lowest BCUT2D eigenvalue weighted by Gasteiger charge is -2.14. The molecule has 0 radical (unpaired) electrons. The van der Waals surface area contributed by atoms with Crippen molar-refractivity contribution in [2.75, 3.05) is 0 Å². The second-order valence-corrected chi connectivity index (χ2v) is 5.64. The van der Waals surface area contributed by atoms with Crippen LogP contribution in [-0.2, 0) is 4.79 Å². The predicted molar refractivity (Wildman–Crippen MR) is 92.3 cm³/mol. The predicted octanol–water partition coefficient (Wildman–Crippen LogP) is 5.30. The molecule has 2 aromatic rings. The average Bonchev–Trinajstić information content (AvgIpc) is 2.85.